The maximum Gasteiger partial charge on any atom is 0.209 e. The third-order valence-corrected chi connectivity index (χ3v) is 3.71. The summed E-state index contributed by atoms with van der Waals surface area (Å²) >= 11 is 1.92. The predicted molar refractivity (Wildman–Crippen MR) is 82.7 cm³/mol. The van der Waals surface area contributed by atoms with Gasteiger partial charge < -0.3 is 14.4 Å². The third-order valence-electron chi connectivity index (χ3n) is 2.57. The molecule has 0 aromatic carbocycles. The summed E-state index contributed by atoms with van der Waals surface area (Å²) in [6.07, 6.45) is 6.18. The molecule has 1 aliphatic rings. The van der Waals surface area contributed by atoms with E-state index in [1.54, 1.807) is 7.11 Å². The van der Waals surface area contributed by atoms with Crippen molar-refractivity contribution in [2.75, 3.05) is 26.5 Å². The molecule has 0 aliphatic carbocycles. The fraction of sp³-hybridized carbons (Fsp3) is 0.857. The number of piperidine rings is 1. The van der Waals surface area contributed by atoms with Crippen molar-refractivity contribution in [2.45, 2.75) is 51.4 Å². The van der Waals surface area contributed by atoms with E-state index in [9.17, 15) is 4.79 Å². The van der Waals surface area contributed by atoms with Crippen molar-refractivity contribution in [1.82, 2.24) is 4.90 Å². The van der Waals surface area contributed by atoms with Crippen molar-refractivity contribution in [3.05, 3.63) is 0 Å². The van der Waals surface area contributed by atoms with Crippen molar-refractivity contribution in [3.63, 3.8) is 0 Å². The van der Waals surface area contributed by atoms with E-state index in [4.69, 9.17) is 9.53 Å². The van der Waals surface area contributed by atoms with E-state index in [0.717, 1.165) is 31.0 Å². The number of methoxy groups -OCH3 is 1. The van der Waals surface area contributed by atoms with E-state index >= 15 is 0 Å². The lowest BCUT2D eigenvalue weighted by molar-refractivity contribution is -0.118. The number of amides is 1. The Balaban J connectivity index is 0. The Morgan fingerprint density at radius 2 is 1.58 bits per heavy atom. The number of ether oxygens (including phenoxy) is 1. The first-order valence-corrected chi connectivity index (χ1v) is 7.80. The van der Waals surface area contributed by atoms with Crippen LogP contribution in [-0.4, -0.2) is 54.9 Å². The number of carbonyl (C=O) groups excluding carboxylic acids is 2. The maximum absolute atomic E-state index is 10.3. The number of likely N-dealkylation sites (tertiary alicyclic amines) is 1. The Morgan fingerprint density at radius 3 is 1.79 bits per heavy atom. The molecule has 1 rings (SSSR count). The zero-order valence-corrected chi connectivity index (χ0v) is 14.0. The highest BCUT2D eigenvalue weighted by Gasteiger charge is 2.15. The number of hydrogen-bond acceptors (Lipinski definition) is 4. The minimum absolute atomic E-state index is 0.0417. The summed E-state index contributed by atoms with van der Waals surface area (Å²) in [5, 5.41) is 0.788. The van der Waals surface area contributed by atoms with Crippen LogP contribution < -0.4 is 0 Å². The quantitative estimate of drug-likeness (QED) is 0.734. The summed E-state index contributed by atoms with van der Waals surface area (Å²) in [6, 6.07) is 0. The van der Waals surface area contributed by atoms with Crippen molar-refractivity contribution in [3.8, 4) is 0 Å². The van der Waals surface area contributed by atoms with E-state index in [0.29, 0.717) is 0 Å². The van der Waals surface area contributed by atoms with Crippen molar-refractivity contribution < 1.29 is 14.3 Å². The SMILES string of the molecule is CC=O.COC(C)(C)C.CSC1CCN(C=O)CC1. The van der Waals surface area contributed by atoms with Crippen molar-refractivity contribution in [2.24, 2.45) is 0 Å². The van der Waals surface area contributed by atoms with E-state index in [-0.39, 0.29) is 5.60 Å². The van der Waals surface area contributed by atoms with Gasteiger partial charge in [0.1, 0.15) is 6.29 Å². The molecule has 1 amide bonds. The minimum Gasteiger partial charge on any atom is -0.379 e. The van der Waals surface area contributed by atoms with Gasteiger partial charge in [-0.15, -0.1) is 0 Å². The molecule has 0 saturated carbocycles. The molecule has 0 aromatic heterocycles. The van der Waals surface area contributed by atoms with Crippen LogP contribution in [0.4, 0.5) is 0 Å². The lowest BCUT2D eigenvalue weighted by atomic mass is 10.1. The second kappa shape index (κ2) is 12.5. The Kier molecular flexibility index (Phi) is 13.6. The summed E-state index contributed by atoms with van der Waals surface area (Å²) in [5.74, 6) is 0. The molecule has 0 aromatic rings. The second-order valence-electron chi connectivity index (χ2n) is 5.13. The summed E-state index contributed by atoms with van der Waals surface area (Å²) in [7, 11) is 1.71. The van der Waals surface area contributed by atoms with Gasteiger partial charge in [-0.3, -0.25) is 4.79 Å². The standard InChI is InChI=1S/C7H13NOS.C5H12O.C2H4O/c1-10-7-2-4-8(6-9)5-3-7;1-5(2,3)6-4;1-2-3/h6-7H,2-5H2,1H3;1-4H3;2H,1H3. The molecule has 0 bridgehead atoms. The maximum atomic E-state index is 10.3. The van der Waals surface area contributed by atoms with E-state index in [1.807, 2.05) is 37.4 Å². The van der Waals surface area contributed by atoms with Crippen molar-refractivity contribution >= 4 is 24.5 Å². The Hall–Kier alpha value is -0.550. The largest absolute Gasteiger partial charge is 0.379 e. The molecule has 1 saturated heterocycles. The summed E-state index contributed by atoms with van der Waals surface area (Å²) < 4.78 is 4.94. The molecule has 0 unspecified atom stereocenters. The monoisotopic (exact) mass is 291 g/mol. The highest BCUT2D eigenvalue weighted by atomic mass is 32.2. The zero-order chi connectivity index (χ0) is 15.3. The molecule has 19 heavy (non-hydrogen) atoms. The molecular formula is C14H29NO3S. The molecule has 5 heteroatoms. The van der Waals surface area contributed by atoms with Crippen LogP contribution in [0.2, 0.25) is 0 Å². The molecule has 1 aliphatic heterocycles. The lowest BCUT2D eigenvalue weighted by Crippen LogP contribution is -2.33. The molecule has 114 valence electrons. The summed E-state index contributed by atoms with van der Waals surface area (Å²) in [4.78, 5) is 20.9. The normalized spacial score (nSPS) is 15.6. The van der Waals surface area contributed by atoms with Crippen LogP contribution in [0.1, 0.15) is 40.5 Å². The fourth-order valence-corrected chi connectivity index (χ4v) is 1.90. The molecule has 0 atom stereocenters. The summed E-state index contributed by atoms with van der Waals surface area (Å²) in [5.41, 5.74) is 0.0417. The first kappa shape index (κ1) is 20.8. The van der Waals surface area contributed by atoms with Crippen LogP contribution in [0.25, 0.3) is 0 Å². The van der Waals surface area contributed by atoms with Gasteiger partial charge in [0.05, 0.1) is 5.60 Å². The van der Waals surface area contributed by atoms with Gasteiger partial charge in [0.25, 0.3) is 0 Å². The number of aldehydes is 1. The highest BCUT2D eigenvalue weighted by molar-refractivity contribution is 7.99. The molecule has 0 radical (unpaired) electrons. The van der Waals surface area contributed by atoms with Crippen LogP contribution in [0.15, 0.2) is 0 Å². The van der Waals surface area contributed by atoms with Gasteiger partial charge in [-0.25, -0.2) is 0 Å². The summed E-state index contributed by atoms with van der Waals surface area (Å²) in [6.45, 7) is 9.41. The lowest BCUT2D eigenvalue weighted by Gasteiger charge is -2.27. The number of thioether (sulfide) groups is 1. The molecule has 1 fully saturated rings. The zero-order valence-electron chi connectivity index (χ0n) is 13.1. The van der Waals surface area contributed by atoms with Gasteiger partial charge in [-0.05, 0) is 46.8 Å². The van der Waals surface area contributed by atoms with Crippen LogP contribution in [-0.2, 0) is 14.3 Å². The second-order valence-corrected chi connectivity index (χ2v) is 6.27. The first-order chi connectivity index (χ1) is 8.84. The van der Waals surface area contributed by atoms with Gasteiger partial charge in [0.2, 0.25) is 6.41 Å². The molecular weight excluding hydrogens is 262 g/mol. The van der Waals surface area contributed by atoms with Gasteiger partial charge >= 0.3 is 0 Å². The van der Waals surface area contributed by atoms with Crippen LogP contribution in [0, 0.1) is 0 Å². The number of carbonyl (C=O) groups is 2. The van der Waals surface area contributed by atoms with Gasteiger partial charge in [-0.1, -0.05) is 0 Å². The van der Waals surface area contributed by atoms with E-state index < -0.39 is 0 Å². The van der Waals surface area contributed by atoms with Crippen molar-refractivity contribution in [1.29, 1.82) is 0 Å². The van der Waals surface area contributed by atoms with Crippen LogP contribution in [0.3, 0.4) is 0 Å². The van der Waals surface area contributed by atoms with E-state index in [2.05, 4.69) is 6.26 Å². The third kappa shape index (κ3) is 15.4. The highest BCUT2D eigenvalue weighted by Crippen LogP contribution is 2.19. The Morgan fingerprint density at radius 1 is 1.21 bits per heavy atom. The predicted octanol–water partition coefficient (Wildman–Crippen LogP) is 2.61. The number of nitrogens with zero attached hydrogens (tertiary/aromatic N) is 1. The minimum atomic E-state index is 0.0417. The van der Waals surface area contributed by atoms with E-state index in [1.165, 1.54) is 19.8 Å². The number of rotatable bonds is 2. The van der Waals surface area contributed by atoms with Crippen LogP contribution in [0.5, 0.6) is 0 Å². The van der Waals surface area contributed by atoms with Gasteiger partial charge in [0.15, 0.2) is 0 Å². The van der Waals surface area contributed by atoms with Crippen LogP contribution >= 0.6 is 11.8 Å². The molecule has 4 nitrogen and oxygen atoms in total. The average molecular weight is 291 g/mol. The fourth-order valence-electron chi connectivity index (χ4n) is 1.22. The molecule has 0 N–H and O–H groups in total. The topological polar surface area (TPSA) is 46.6 Å². The van der Waals surface area contributed by atoms with Gasteiger partial charge in [0, 0.05) is 25.4 Å². The smallest absolute Gasteiger partial charge is 0.209 e. The first-order valence-electron chi connectivity index (χ1n) is 6.51. The Labute approximate surface area is 122 Å². The molecule has 1 heterocycles. The number of hydrogen-bond donors (Lipinski definition) is 0. The van der Waals surface area contributed by atoms with Gasteiger partial charge in [-0.2, -0.15) is 11.8 Å². The molecule has 0 spiro atoms. The Bertz CT molecular complexity index is 221. The average Bonchev–Trinajstić information content (AvgIpc) is 2.39.